The quantitative estimate of drug-likeness (QED) is 0.511. The van der Waals surface area contributed by atoms with Gasteiger partial charge in [0.15, 0.2) is 11.2 Å². The highest BCUT2D eigenvalue weighted by Gasteiger charge is 2.31. The lowest BCUT2D eigenvalue weighted by Crippen LogP contribution is -2.39. The third kappa shape index (κ3) is 2.92. The van der Waals surface area contributed by atoms with Crippen molar-refractivity contribution >= 4 is 11.2 Å². The van der Waals surface area contributed by atoms with Crippen LogP contribution in [-0.2, 0) is 6.54 Å². The summed E-state index contributed by atoms with van der Waals surface area (Å²) >= 11 is 0. The molecule has 1 saturated carbocycles. The molecule has 0 bridgehead atoms. The largest absolute Gasteiger partial charge is 0.495 e. The highest BCUT2D eigenvalue weighted by atomic mass is 19.1. The van der Waals surface area contributed by atoms with Gasteiger partial charge in [-0.1, -0.05) is 24.3 Å². The summed E-state index contributed by atoms with van der Waals surface area (Å²) in [5.41, 5.74) is 0.953. The number of benzene rings is 2. The number of aromatic nitrogens is 4. The lowest BCUT2D eigenvalue weighted by molar-refractivity contribution is 0.412. The fourth-order valence-corrected chi connectivity index (χ4v) is 3.79. The van der Waals surface area contributed by atoms with Gasteiger partial charge < -0.3 is 9.30 Å². The zero-order valence-corrected chi connectivity index (χ0v) is 16.3. The van der Waals surface area contributed by atoms with Crippen LogP contribution in [0.15, 0.2) is 64.4 Å². The topological polar surface area (TPSA) is 71.1 Å². The number of ether oxygens (including phenoxy) is 1. The number of nitrogens with zero attached hydrogens (tertiary/aromatic N) is 4. The van der Waals surface area contributed by atoms with E-state index in [-0.39, 0.29) is 29.6 Å². The Hall–Kier alpha value is -3.68. The molecule has 0 radical (unpaired) electrons. The van der Waals surface area contributed by atoms with Crippen LogP contribution < -0.4 is 16.0 Å². The summed E-state index contributed by atoms with van der Waals surface area (Å²) in [6.07, 6.45) is 3.08. The third-order valence-electron chi connectivity index (χ3n) is 5.33. The highest BCUT2D eigenvalue weighted by Crippen LogP contribution is 2.33. The van der Waals surface area contributed by atoms with Crippen LogP contribution in [0.5, 0.6) is 5.75 Å². The van der Waals surface area contributed by atoms with E-state index in [1.54, 1.807) is 34.9 Å². The summed E-state index contributed by atoms with van der Waals surface area (Å²) in [6, 6.07) is 13.2. The molecule has 8 heteroatoms. The predicted octanol–water partition coefficient (Wildman–Crippen LogP) is 2.88. The van der Waals surface area contributed by atoms with Gasteiger partial charge in [0, 0.05) is 12.6 Å². The predicted molar refractivity (Wildman–Crippen MR) is 110 cm³/mol. The first-order valence-electron chi connectivity index (χ1n) is 9.68. The van der Waals surface area contributed by atoms with E-state index in [1.165, 1.54) is 34.7 Å². The van der Waals surface area contributed by atoms with Gasteiger partial charge in [0.1, 0.15) is 11.6 Å². The first kappa shape index (κ1) is 18.4. The van der Waals surface area contributed by atoms with Crippen molar-refractivity contribution in [2.45, 2.75) is 25.4 Å². The summed E-state index contributed by atoms with van der Waals surface area (Å²) in [7, 11) is 1.53. The fourth-order valence-electron chi connectivity index (χ4n) is 3.79. The first-order valence-corrected chi connectivity index (χ1v) is 9.68. The molecule has 4 aromatic rings. The smallest absolute Gasteiger partial charge is 0.337 e. The van der Waals surface area contributed by atoms with Crippen molar-refractivity contribution in [1.82, 2.24) is 18.7 Å². The van der Waals surface area contributed by atoms with E-state index in [2.05, 4.69) is 4.98 Å². The molecule has 0 saturated heterocycles. The van der Waals surface area contributed by atoms with E-state index < -0.39 is 5.69 Å². The molecule has 1 fully saturated rings. The molecule has 152 valence electrons. The second kappa shape index (κ2) is 6.98. The van der Waals surface area contributed by atoms with Gasteiger partial charge in [-0.2, -0.15) is 0 Å². The normalized spacial score (nSPS) is 13.7. The molecule has 0 spiro atoms. The maximum absolute atomic E-state index is 13.6. The molecule has 7 nitrogen and oxygen atoms in total. The van der Waals surface area contributed by atoms with Gasteiger partial charge in [0.25, 0.3) is 5.56 Å². The van der Waals surface area contributed by atoms with E-state index in [0.29, 0.717) is 22.5 Å². The van der Waals surface area contributed by atoms with Crippen LogP contribution in [0.2, 0.25) is 0 Å². The maximum Gasteiger partial charge on any atom is 0.337 e. The number of fused-ring (bicyclic) bond motifs is 1. The van der Waals surface area contributed by atoms with Crippen molar-refractivity contribution < 1.29 is 9.13 Å². The van der Waals surface area contributed by atoms with Gasteiger partial charge in [0.05, 0.1) is 19.1 Å². The number of para-hydroxylation sites is 2. The van der Waals surface area contributed by atoms with E-state index in [0.717, 1.165) is 12.8 Å². The number of imidazole rings is 1. The molecule has 30 heavy (non-hydrogen) atoms. The van der Waals surface area contributed by atoms with Crippen molar-refractivity contribution in [3.8, 4) is 11.4 Å². The summed E-state index contributed by atoms with van der Waals surface area (Å²) in [5.74, 6) is 0.153. The van der Waals surface area contributed by atoms with Crippen molar-refractivity contribution in [3.05, 3.63) is 87.1 Å². The summed E-state index contributed by atoms with van der Waals surface area (Å²) in [6.45, 7) is 0.262. The van der Waals surface area contributed by atoms with Crippen LogP contribution in [0, 0.1) is 5.82 Å². The zero-order valence-electron chi connectivity index (χ0n) is 16.3. The Bertz CT molecular complexity index is 1380. The number of rotatable bonds is 5. The summed E-state index contributed by atoms with van der Waals surface area (Å²) < 4.78 is 23.5. The van der Waals surface area contributed by atoms with E-state index >= 15 is 0 Å². The van der Waals surface area contributed by atoms with Crippen molar-refractivity contribution in [2.24, 2.45) is 0 Å². The molecular weight excluding hydrogens is 387 g/mol. The molecule has 0 N–H and O–H groups in total. The van der Waals surface area contributed by atoms with Crippen LogP contribution >= 0.6 is 0 Å². The monoisotopic (exact) mass is 406 g/mol. The molecule has 5 rings (SSSR count). The SMILES string of the molecule is COc1ccccc1-n1c(=O)n(C2CC2)c(=O)c2c1ncn2Cc1cccc(F)c1. The van der Waals surface area contributed by atoms with Crippen LogP contribution in [-0.4, -0.2) is 25.8 Å². The van der Waals surface area contributed by atoms with Crippen molar-refractivity contribution in [1.29, 1.82) is 0 Å². The summed E-state index contributed by atoms with van der Waals surface area (Å²) in [4.78, 5) is 31.0. The lowest BCUT2D eigenvalue weighted by Gasteiger charge is -2.14. The third-order valence-corrected chi connectivity index (χ3v) is 5.33. The molecule has 0 amide bonds. The maximum atomic E-state index is 13.6. The van der Waals surface area contributed by atoms with Crippen molar-refractivity contribution in [2.75, 3.05) is 7.11 Å². The number of methoxy groups -OCH3 is 1. The molecule has 2 aromatic carbocycles. The van der Waals surface area contributed by atoms with Gasteiger partial charge >= 0.3 is 5.69 Å². The zero-order chi connectivity index (χ0) is 20.8. The molecule has 0 unspecified atom stereocenters. The molecule has 0 aliphatic heterocycles. The molecular formula is C22H19FN4O3. The van der Waals surface area contributed by atoms with Gasteiger partial charge in [-0.3, -0.25) is 9.36 Å². The second-order valence-corrected chi connectivity index (χ2v) is 7.37. The minimum atomic E-state index is -0.435. The molecule has 0 atom stereocenters. The molecule has 2 aromatic heterocycles. The summed E-state index contributed by atoms with van der Waals surface area (Å²) in [5, 5.41) is 0. The van der Waals surface area contributed by atoms with E-state index in [4.69, 9.17) is 4.74 Å². The number of halogens is 1. The van der Waals surface area contributed by atoms with Crippen LogP contribution in [0.3, 0.4) is 0 Å². The average Bonchev–Trinajstić information content (AvgIpc) is 3.49. The van der Waals surface area contributed by atoms with Gasteiger partial charge in [-0.25, -0.2) is 18.7 Å². The highest BCUT2D eigenvalue weighted by molar-refractivity contribution is 5.73. The minimum absolute atomic E-state index is 0.118. The van der Waals surface area contributed by atoms with Crippen LogP contribution in [0.1, 0.15) is 24.4 Å². The van der Waals surface area contributed by atoms with E-state index in [9.17, 15) is 14.0 Å². The van der Waals surface area contributed by atoms with Crippen molar-refractivity contribution in [3.63, 3.8) is 0 Å². The number of hydrogen-bond acceptors (Lipinski definition) is 4. The molecule has 1 aliphatic carbocycles. The Morgan fingerprint density at radius 2 is 1.93 bits per heavy atom. The standard InChI is InChI=1S/C22H19FN4O3/c1-30-18-8-3-2-7-17(18)27-20-19(21(28)26(22(27)29)16-9-10-16)25(13-24-20)12-14-5-4-6-15(23)11-14/h2-8,11,13,16H,9-10,12H2,1H3. The van der Waals surface area contributed by atoms with Crippen LogP contribution in [0.4, 0.5) is 4.39 Å². The van der Waals surface area contributed by atoms with Crippen LogP contribution in [0.25, 0.3) is 16.9 Å². The Morgan fingerprint density at radius 1 is 1.13 bits per heavy atom. The van der Waals surface area contributed by atoms with E-state index in [1.807, 2.05) is 6.07 Å². The second-order valence-electron chi connectivity index (χ2n) is 7.37. The van der Waals surface area contributed by atoms with Gasteiger partial charge in [-0.05, 0) is 42.7 Å². The Morgan fingerprint density at radius 3 is 2.67 bits per heavy atom. The number of hydrogen-bond donors (Lipinski definition) is 0. The fraction of sp³-hybridized carbons (Fsp3) is 0.227. The lowest BCUT2D eigenvalue weighted by atomic mass is 10.2. The molecule has 2 heterocycles. The van der Waals surface area contributed by atoms with Gasteiger partial charge in [-0.15, -0.1) is 0 Å². The Kier molecular flexibility index (Phi) is 4.27. The Balaban J connectivity index is 1.80. The molecule has 1 aliphatic rings. The Labute approximate surface area is 170 Å². The first-order chi connectivity index (χ1) is 14.6. The average molecular weight is 406 g/mol. The van der Waals surface area contributed by atoms with Gasteiger partial charge in [0.2, 0.25) is 0 Å². The minimum Gasteiger partial charge on any atom is -0.495 e.